The van der Waals surface area contributed by atoms with Gasteiger partial charge in [0.15, 0.2) is 0 Å². The molecule has 1 saturated heterocycles. The third-order valence-electron chi connectivity index (χ3n) is 8.63. The molecule has 2 aliphatic carbocycles. The van der Waals surface area contributed by atoms with Gasteiger partial charge in [0.2, 0.25) is 15.9 Å². The molecule has 180 valence electrons. The van der Waals surface area contributed by atoms with E-state index in [9.17, 15) is 13.2 Å². The maximum Gasteiger partial charge on any atom is 0.245 e. The van der Waals surface area contributed by atoms with E-state index in [0.29, 0.717) is 12.3 Å². The lowest BCUT2D eigenvalue weighted by molar-refractivity contribution is -0.131. The molecule has 0 aromatic heterocycles. The summed E-state index contributed by atoms with van der Waals surface area (Å²) in [5.41, 5.74) is 1.50. The van der Waals surface area contributed by atoms with E-state index in [1.165, 1.54) is 10.5 Å². The highest BCUT2D eigenvalue weighted by atomic mass is 32.2. The molecule has 5 rings (SSSR count). The minimum Gasteiger partial charge on any atom is -0.391 e. The molecule has 7 heteroatoms. The Kier molecular flexibility index (Phi) is 5.79. The van der Waals surface area contributed by atoms with Gasteiger partial charge in [-0.05, 0) is 48.1 Å². The van der Waals surface area contributed by atoms with Gasteiger partial charge in [0.25, 0.3) is 0 Å². The van der Waals surface area contributed by atoms with E-state index in [1.54, 1.807) is 0 Å². The fourth-order valence-corrected chi connectivity index (χ4v) is 9.20. The van der Waals surface area contributed by atoms with Crippen molar-refractivity contribution in [3.05, 3.63) is 71.8 Å². The smallest absolute Gasteiger partial charge is 0.245 e. The summed E-state index contributed by atoms with van der Waals surface area (Å²) in [5, 5.41) is 4.10. The predicted molar refractivity (Wildman–Crippen MR) is 131 cm³/mol. The van der Waals surface area contributed by atoms with Crippen LogP contribution in [0.15, 0.2) is 65.8 Å². The average molecular weight is 481 g/mol. The standard InChI is InChI=1S/C27H32N2O4S/c1-26(2)23-13-14-27(26)19-34(31,32)29(24(27)16-23)25(30)22(15-20-9-5-3-6-10-20)17-28-33-18-21-11-7-4-8-12-21/h3-12,17,22-24H,13-16,18-19H2,1-2H3/b28-17-/t22-,23+,24+,27+/m0/s1. The van der Waals surface area contributed by atoms with Crippen LogP contribution in [0.3, 0.4) is 0 Å². The van der Waals surface area contributed by atoms with Crippen molar-refractivity contribution in [2.75, 3.05) is 5.75 Å². The lowest BCUT2D eigenvalue weighted by Gasteiger charge is -2.37. The van der Waals surface area contributed by atoms with Gasteiger partial charge in [0.05, 0.1) is 23.9 Å². The van der Waals surface area contributed by atoms with Crippen LogP contribution in [-0.2, 0) is 32.7 Å². The molecule has 1 aliphatic heterocycles. The summed E-state index contributed by atoms with van der Waals surface area (Å²) in [6, 6.07) is 19.1. The second-order valence-electron chi connectivity index (χ2n) is 10.6. The van der Waals surface area contributed by atoms with Crippen LogP contribution in [0.5, 0.6) is 0 Å². The highest BCUT2D eigenvalue weighted by Gasteiger charge is 2.72. The van der Waals surface area contributed by atoms with Crippen LogP contribution < -0.4 is 0 Å². The van der Waals surface area contributed by atoms with E-state index in [2.05, 4.69) is 19.0 Å². The molecule has 2 saturated carbocycles. The topological polar surface area (TPSA) is 76.0 Å². The van der Waals surface area contributed by atoms with Gasteiger partial charge in [-0.2, -0.15) is 0 Å². The number of oxime groups is 1. The summed E-state index contributed by atoms with van der Waals surface area (Å²) in [4.78, 5) is 19.3. The van der Waals surface area contributed by atoms with Gasteiger partial charge in [-0.15, -0.1) is 0 Å². The van der Waals surface area contributed by atoms with Gasteiger partial charge in [0.1, 0.15) is 6.61 Å². The molecule has 6 nitrogen and oxygen atoms in total. The summed E-state index contributed by atoms with van der Waals surface area (Å²) in [6.07, 6.45) is 4.53. The Labute approximate surface area is 202 Å². The molecule has 3 fully saturated rings. The van der Waals surface area contributed by atoms with Crippen LogP contribution in [0.25, 0.3) is 0 Å². The molecule has 0 unspecified atom stereocenters. The van der Waals surface area contributed by atoms with Crippen molar-refractivity contribution in [1.82, 2.24) is 4.31 Å². The zero-order chi connectivity index (χ0) is 24.0. The maximum absolute atomic E-state index is 13.9. The molecule has 1 heterocycles. The van der Waals surface area contributed by atoms with Gasteiger partial charge in [-0.25, -0.2) is 12.7 Å². The molecule has 34 heavy (non-hydrogen) atoms. The monoisotopic (exact) mass is 480 g/mol. The molecule has 2 bridgehead atoms. The fraction of sp³-hybridized carbons (Fsp3) is 0.481. The Morgan fingerprint density at radius 3 is 2.41 bits per heavy atom. The van der Waals surface area contributed by atoms with Crippen LogP contribution >= 0.6 is 0 Å². The second-order valence-corrected chi connectivity index (χ2v) is 12.4. The first-order valence-corrected chi connectivity index (χ1v) is 13.6. The zero-order valence-electron chi connectivity index (χ0n) is 19.8. The van der Waals surface area contributed by atoms with Gasteiger partial charge in [-0.1, -0.05) is 79.7 Å². The number of hydrogen-bond acceptors (Lipinski definition) is 5. The number of rotatable bonds is 7. The maximum atomic E-state index is 13.9. The summed E-state index contributed by atoms with van der Waals surface area (Å²) in [6.45, 7) is 4.66. The molecule has 1 amide bonds. The number of fused-ring (bicyclic) bond motifs is 1. The fourth-order valence-electron chi connectivity index (χ4n) is 6.62. The Morgan fingerprint density at radius 2 is 1.76 bits per heavy atom. The van der Waals surface area contributed by atoms with Gasteiger partial charge in [-0.3, -0.25) is 4.79 Å². The first-order chi connectivity index (χ1) is 16.2. The first kappa shape index (κ1) is 23.1. The van der Waals surface area contributed by atoms with Crippen LogP contribution in [0.2, 0.25) is 0 Å². The lowest BCUT2D eigenvalue weighted by Crippen LogP contribution is -2.47. The van der Waals surface area contributed by atoms with E-state index >= 15 is 0 Å². The minimum absolute atomic E-state index is 0.0691. The summed E-state index contributed by atoms with van der Waals surface area (Å²) in [7, 11) is -3.69. The van der Waals surface area contributed by atoms with Crippen LogP contribution in [0.4, 0.5) is 0 Å². The Morgan fingerprint density at radius 1 is 1.12 bits per heavy atom. The molecular weight excluding hydrogens is 448 g/mol. The highest BCUT2D eigenvalue weighted by molar-refractivity contribution is 7.90. The predicted octanol–water partition coefficient (Wildman–Crippen LogP) is 4.41. The summed E-state index contributed by atoms with van der Waals surface area (Å²) in [5.74, 6) is -0.579. The molecule has 0 N–H and O–H groups in total. The number of amides is 1. The molecule has 2 aromatic carbocycles. The largest absolute Gasteiger partial charge is 0.391 e. The molecule has 3 aliphatic rings. The van der Waals surface area contributed by atoms with Crippen molar-refractivity contribution in [2.45, 2.75) is 52.2 Å². The van der Waals surface area contributed by atoms with Crippen molar-refractivity contribution in [1.29, 1.82) is 0 Å². The third-order valence-corrected chi connectivity index (χ3v) is 10.5. The quantitative estimate of drug-likeness (QED) is 0.434. The van der Waals surface area contributed by atoms with E-state index in [4.69, 9.17) is 4.84 Å². The molecule has 1 spiro atoms. The van der Waals surface area contributed by atoms with Crippen molar-refractivity contribution < 1.29 is 18.0 Å². The van der Waals surface area contributed by atoms with Crippen LogP contribution in [0, 0.1) is 22.7 Å². The highest BCUT2D eigenvalue weighted by Crippen LogP contribution is 2.70. The molecule has 0 radical (unpaired) electrons. The minimum atomic E-state index is -3.69. The molecule has 4 atom stereocenters. The van der Waals surface area contributed by atoms with E-state index in [1.807, 2.05) is 60.7 Å². The van der Waals surface area contributed by atoms with Gasteiger partial charge >= 0.3 is 0 Å². The van der Waals surface area contributed by atoms with Gasteiger partial charge in [0, 0.05) is 5.41 Å². The summed E-state index contributed by atoms with van der Waals surface area (Å²) >= 11 is 0. The number of hydrogen-bond donors (Lipinski definition) is 0. The first-order valence-electron chi connectivity index (χ1n) is 12.0. The third kappa shape index (κ3) is 3.74. The SMILES string of the molecule is CC1(C)[C@@H]2CC[C@]13CS(=O)(=O)N(C(=O)[C@H](/C=N\OCc1ccccc1)Cc1ccccc1)[C@@H]3C2. The second kappa shape index (κ2) is 8.52. The Bertz CT molecular complexity index is 1180. The molecular formula is C27H32N2O4S. The number of nitrogens with zero attached hydrogens (tertiary/aromatic N) is 2. The lowest BCUT2D eigenvalue weighted by atomic mass is 9.69. The Balaban J connectivity index is 1.40. The van der Waals surface area contributed by atoms with E-state index in [0.717, 1.165) is 30.4 Å². The van der Waals surface area contributed by atoms with Gasteiger partial charge < -0.3 is 4.84 Å². The van der Waals surface area contributed by atoms with Crippen molar-refractivity contribution in [3.8, 4) is 0 Å². The number of carbonyl (C=O) groups is 1. The summed E-state index contributed by atoms with van der Waals surface area (Å²) < 4.78 is 28.0. The average Bonchev–Trinajstić information content (AvgIpc) is 3.30. The number of benzene rings is 2. The van der Waals surface area contributed by atoms with Crippen molar-refractivity contribution >= 4 is 22.1 Å². The zero-order valence-corrected chi connectivity index (χ0v) is 20.6. The van der Waals surface area contributed by atoms with E-state index in [-0.39, 0.29) is 35.1 Å². The van der Waals surface area contributed by atoms with Crippen molar-refractivity contribution in [3.63, 3.8) is 0 Å². The normalized spacial score (nSPS) is 29.3. The Hall–Kier alpha value is -2.67. The van der Waals surface area contributed by atoms with Crippen LogP contribution in [0.1, 0.15) is 44.2 Å². The van der Waals surface area contributed by atoms with Crippen LogP contribution in [-0.4, -0.2) is 36.6 Å². The number of sulfonamides is 1. The number of carbonyl (C=O) groups excluding carboxylic acids is 1. The van der Waals surface area contributed by atoms with Crippen molar-refractivity contribution in [2.24, 2.45) is 27.8 Å². The molecule has 2 aromatic rings. The van der Waals surface area contributed by atoms with E-state index < -0.39 is 15.9 Å².